The van der Waals surface area contributed by atoms with Crippen LogP contribution in [0, 0.1) is 0 Å². The van der Waals surface area contributed by atoms with E-state index in [-0.39, 0.29) is 17.0 Å². The van der Waals surface area contributed by atoms with E-state index in [1.165, 1.54) is 12.1 Å². The largest absolute Gasteiger partial charge is 0.389 e. The predicted molar refractivity (Wildman–Crippen MR) is 75.8 cm³/mol. The Kier molecular flexibility index (Phi) is 4.80. The highest BCUT2D eigenvalue weighted by Crippen LogP contribution is 2.25. The minimum Gasteiger partial charge on any atom is -0.389 e. The normalized spacial score (nSPS) is 24.1. The summed E-state index contributed by atoms with van der Waals surface area (Å²) in [5.41, 5.74) is 0.591. The summed E-state index contributed by atoms with van der Waals surface area (Å²) in [6.07, 6.45) is 0.902. The van der Waals surface area contributed by atoms with Gasteiger partial charge in [-0.3, -0.25) is 0 Å². The molecular formula is C14H21NO4S. The van der Waals surface area contributed by atoms with Crippen molar-refractivity contribution in [1.82, 2.24) is 4.72 Å². The van der Waals surface area contributed by atoms with Crippen LogP contribution in [-0.4, -0.2) is 32.3 Å². The number of aliphatic hydroxyl groups excluding tert-OH is 1. The standard InChI is InChI=1S/C14H21NO4S/c1-3-19-13-8-12(9-13)15-20(17,18)14-6-4-5-11(7-14)10(2)16/h4-7,10,12-13,15-16H,3,8-9H2,1-2H3. The van der Waals surface area contributed by atoms with E-state index in [1.54, 1.807) is 19.1 Å². The van der Waals surface area contributed by atoms with Gasteiger partial charge in [0.25, 0.3) is 0 Å². The molecule has 0 saturated heterocycles. The van der Waals surface area contributed by atoms with Gasteiger partial charge in [0, 0.05) is 12.6 Å². The van der Waals surface area contributed by atoms with Crippen molar-refractivity contribution in [1.29, 1.82) is 0 Å². The molecule has 6 heteroatoms. The van der Waals surface area contributed by atoms with Gasteiger partial charge in [-0.15, -0.1) is 0 Å². The number of hydrogen-bond donors (Lipinski definition) is 2. The highest BCUT2D eigenvalue weighted by atomic mass is 32.2. The van der Waals surface area contributed by atoms with E-state index >= 15 is 0 Å². The molecule has 0 heterocycles. The molecule has 0 spiro atoms. The van der Waals surface area contributed by atoms with Crippen LogP contribution in [0.5, 0.6) is 0 Å². The van der Waals surface area contributed by atoms with Gasteiger partial charge in [0.05, 0.1) is 17.1 Å². The fourth-order valence-electron chi connectivity index (χ4n) is 2.26. The first-order valence-electron chi connectivity index (χ1n) is 6.84. The molecule has 0 bridgehead atoms. The lowest BCUT2D eigenvalue weighted by atomic mass is 9.90. The van der Waals surface area contributed by atoms with Crippen LogP contribution < -0.4 is 4.72 Å². The molecule has 1 aliphatic carbocycles. The molecule has 1 saturated carbocycles. The highest BCUT2D eigenvalue weighted by molar-refractivity contribution is 7.89. The molecule has 0 radical (unpaired) electrons. The number of sulfonamides is 1. The minimum absolute atomic E-state index is 0.0632. The second-order valence-electron chi connectivity index (χ2n) is 5.12. The number of aliphatic hydroxyl groups is 1. The summed E-state index contributed by atoms with van der Waals surface area (Å²) in [6.45, 7) is 4.19. The molecule has 0 aromatic heterocycles. The fourth-order valence-corrected chi connectivity index (χ4v) is 3.58. The molecule has 1 unspecified atom stereocenters. The topological polar surface area (TPSA) is 75.6 Å². The van der Waals surface area contributed by atoms with Crippen molar-refractivity contribution in [3.8, 4) is 0 Å². The van der Waals surface area contributed by atoms with Gasteiger partial charge in [0.1, 0.15) is 0 Å². The molecule has 5 nitrogen and oxygen atoms in total. The van der Waals surface area contributed by atoms with E-state index < -0.39 is 16.1 Å². The van der Waals surface area contributed by atoms with Gasteiger partial charge in [-0.05, 0) is 44.4 Å². The van der Waals surface area contributed by atoms with Crippen molar-refractivity contribution in [2.75, 3.05) is 6.61 Å². The van der Waals surface area contributed by atoms with Crippen LogP contribution in [0.25, 0.3) is 0 Å². The third-order valence-corrected chi connectivity index (χ3v) is 4.99. The number of hydrogen-bond acceptors (Lipinski definition) is 4. The molecule has 1 aliphatic rings. The Morgan fingerprint density at radius 2 is 2.15 bits per heavy atom. The molecule has 2 N–H and O–H groups in total. The van der Waals surface area contributed by atoms with Gasteiger partial charge < -0.3 is 9.84 Å². The van der Waals surface area contributed by atoms with E-state index in [0.717, 1.165) is 0 Å². The maximum Gasteiger partial charge on any atom is 0.240 e. The van der Waals surface area contributed by atoms with Crippen molar-refractivity contribution in [3.63, 3.8) is 0 Å². The van der Waals surface area contributed by atoms with Crippen LogP contribution in [0.1, 0.15) is 38.4 Å². The highest BCUT2D eigenvalue weighted by Gasteiger charge is 2.33. The van der Waals surface area contributed by atoms with Crippen LogP contribution in [-0.2, 0) is 14.8 Å². The zero-order valence-electron chi connectivity index (χ0n) is 11.7. The minimum atomic E-state index is -3.53. The lowest BCUT2D eigenvalue weighted by Gasteiger charge is -2.35. The molecule has 112 valence electrons. The molecule has 1 fully saturated rings. The van der Waals surface area contributed by atoms with E-state index in [4.69, 9.17) is 4.74 Å². The van der Waals surface area contributed by atoms with Gasteiger partial charge in [-0.1, -0.05) is 12.1 Å². The average Bonchev–Trinajstić information content (AvgIpc) is 2.36. The third-order valence-electron chi connectivity index (χ3n) is 3.47. The van der Waals surface area contributed by atoms with E-state index in [2.05, 4.69) is 4.72 Å². The summed E-state index contributed by atoms with van der Waals surface area (Å²) in [6, 6.07) is 6.32. The van der Waals surface area contributed by atoms with Crippen molar-refractivity contribution >= 4 is 10.0 Å². The SMILES string of the molecule is CCOC1CC(NS(=O)(=O)c2cccc(C(C)O)c2)C1. The third kappa shape index (κ3) is 3.58. The van der Waals surface area contributed by atoms with Crippen molar-refractivity contribution in [2.24, 2.45) is 0 Å². The Morgan fingerprint density at radius 1 is 1.45 bits per heavy atom. The maximum absolute atomic E-state index is 12.2. The first-order valence-corrected chi connectivity index (χ1v) is 8.32. The van der Waals surface area contributed by atoms with Gasteiger partial charge >= 0.3 is 0 Å². The van der Waals surface area contributed by atoms with Gasteiger partial charge in [0.2, 0.25) is 10.0 Å². The molecule has 2 rings (SSSR count). The van der Waals surface area contributed by atoms with Crippen LogP contribution in [0.15, 0.2) is 29.2 Å². The van der Waals surface area contributed by atoms with Crippen LogP contribution in [0.2, 0.25) is 0 Å². The number of rotatable bonds is 6. The maximum atomic E-state index is 12.2. The van der Waals surface area contributed by atoms with Gasteiger partial charge in [0.15, 0.2) is 0 Å². The molecular weight excluding hydrogens is 278 g/mol. The van der Waals surface area contributed by atoms with Crippen LogP contribution in [0.4, 0.5) is 0 Å². The Hall–Kier alpha value is -0.950. The molecule has 0 amide bonds. The summed E-state index contributed by atoms with van der Waals surface area (Å²) in [4.78, 5) is 0.191. The van der Waals surface area contributed by atoms with Crippen molar-refractivity contribution in [2.45, 2.75) is 49.8 Å². The van der Waals surface area contributed by atoms with Crippen molar-refractivity contribution in [3.05, 3.63) is 29.8 Å². The molecule has 1 atom stereocenters. The monoisotopic (exact) mass is 299 g/mol. The Labute approximate surface area is 120 Å². The first kappa shape index (κ1) is 15.4. The zero-order valence-corrected chi connectivity index (χ0v) is 12.6. The first-order chi connectivity index (χ1) is 9.42. The summed E-state index contributed by atoms with van der Waals surface area (Å²) in [5, 5.41) is 9.52. The van der Waals surface area contributed by atoms with E-state index in [1.807, 2.05) is 6.92 Å². The second kappa shape index (κ2) is 6.22. The average molecular weight is 299 g/mol. The number of benzene rings is 1. The summed E-state index contributed by atoms with van der Waals surface area (Å²) >= 11 is 0. The summed E-state index contributed by atoms with van der Waals surface area (Å²) in [5.74, 6) is 0. The lowest BCUT2D eigenvalue weighted by Crippen LogP contribution is -2.47. The molecule has 1 aromatic carbocycles. The lowest BCUT2D eigenvalue weighted by molar-refractivity contribution is -0.00475. The fraction of sp³-hybridized carbons (Fsp3) is 0.571. The summed E-state index contributed by atoms with van der Waals surface area (Å²) in [7, 11) is -3.53. The molecule has 1 aromatic rings. The Bertz CT molecular complexity index is 550. The molecule has 20 heavy (non-hydrogen) atoms. The van der Waals surface area contributed by atoms with E-state index in [0.29, 0.717) is 25.0 Å². The van der Waals surface area contributed by atoms with Crippen LogP contribution >= 0.6 is 0 Å². The predicted octanol–water partition coefficient (Wildman–Crippen LogP) is 1.59. The summed E-state index contributed by atoms with van der Waals surface area (Å²) < 4.78 is 32.6. The van der Waals surface area contributed by atoms with Crippen molar-refractivity contribution < 1.29 is 18.3 Å². The zero-order chi connectivity index (χ0) is 14.8. The van der Waals surface area contributed by atoms with Gasteiger partial charge in [-0.25, -0.2) is 13.1 Å². The molecule has 0 aliphatic heterocycles. The van der Waals surface area contributed by atoms with Crippen LogP contribution in [0.3, 0.4) is 0 Å². The smallest absolute Gasteiger partial charge is 0.240 e. The van der Waals surface area contributed by atoms with E-state index in [9.17, 15) is 13.5 Å². The Balaban J connectivity index is 2.02. The van der Waals surface area contributed by atoms with Gasteiger partial charge in [-0.2, -0.15) is 0 Å². The number of nitrogens with one attached hydrogen (secondary N) is 1. The quantitative estimate of drug-likeness (QED) is 0.836. The second-order valence-corrected chi connectivity index (χ2v) is 6.83. The Morgan fingerprint density at radius 3 is 2.75 bits per heavy atom. The number of ether oxygens (including phenoxy) is 1.